The quantitative estimate of drug-likeness (QED) is 0.321. The Balaban J connectivity index is 1.55. The molecule has 0 spiro atoms. The zero-order valence-electron chi connectivity index (χ0n) is 18.3. The van der Waals surface area contributed by atoms with Crippen molar-refractivity contribution in [3.05, 3.63) is 81.0 Å². The second kappa shape index (κ2) is 9.30. The van der Waals surface area contributed by atoms with E-state index in [0.717, 1.165) is 27.0 Å². The number of methoxy groups -OCH3 is 1. The number of aryl methyl sites for hydroxylation is 2. The van der Waals surface area contributed by atoms with E-state index in [0.29, 0.717) is 21.9 Å². The molecule has 0 fully saturated rings. The number of esters is 1. The van der Waals surface area contributed by atoms with Gasteiger partial charge in [0.25, 0.3) is 5.91 Å². The molecule has 1 amide bonds. The van der Waals surface area contributed by atoms with E-state index in [2.05, 4.69) is 5.32 Å². The van der Waals surface area contributed by atoms with Crippen LogP contribution in [0.2, 0.25) is 0 Å². The summed E-state index contributed by atoms with van der Waals surface area (Å²) in [5.41, 5.74) is 2.62. The van der Waals surface area contributed by atoms with Crippen LogP contribution in [0, 0.1) is 13.8 Å². The Morgan fingerprint density at radius 2 is 1.82 bits per heavy atom. The van der Waals surface area contributed by atoms with Gasteiger partial charge in [0, 0.05) is 28.0 Å². The summed E-state index contributed by atoms with van der Waals surface area (Å²) in [5, 5.41) is 3.95. The van der Waals surface area contributed by atoms with Crippen LogP contribution in [-0.2, 0) is 9.53 Å². The molecule has 7 nitrogen and oxygen atoms in total. The summed E-state index contributed by atoms with van der Waals surface area (Å²) in [7, 11) is 1.30. The van der Waals surface area contributed by atoms with E-state index in [4.69, 9.17) is 13.9 Å². The van der Waals surface area contributed by atoms with Crippen molar-refractivity contribution < 1.29 is 23.5 Å². The maximum atomic E-state index is 12.6. The largest absolute Gasteiger partial charge is 0.484 e. The molecule has 0 radical (unpaired) electrons. The molecule has 0 bridgehead atoms. The maximum Gasteiger partial charge on any atom is 0.341 e. The minimum Gasteiger partial charge on any atom is -0.484 e. The molecule has 2 heterocycles. The molecule has 0 atom stereocenters. The van der Waals surface area contributed by atoms with Crippen LogP contribution in [0.4, 0.5) is 5.00 Å². The number of rotatable bonds is 6. The zero-order chi connectivity index (χ0) is 23.5. The predicted molar refractivity (Wildman–Crippen MR) is 127 cm³/mol. The Morgan fingerprint density at radius 1 is 1.06 bits per heavy atom. The van der Waals surface area contributed by atoms with Crippen molar-refractivity contribution in [1.29, 1.82) is 0 Å². The van der Waals surface area contributed by atoms with E-state index in [1.54, 1.807) is 18.2 Å². The number of benzene rings is 2. The molecule has 0 aliphatic heterocycles. The highest BCUT2D eigenvalue weighted by atomic mass is 32.1. The molecule has 1 N–H and O–H groups in total. The number of carbonyl (C=O) groups excluding carboxylic acids is 2. The number of hydrogen-bond donors (Lipinski definition) is 1. The second-order valence-electron chi connectivity index (χ2n) is 7.34. The average molecular weight is 464 g/mol. The number of fused-ring (bicyclic) bond motifs is 1. The van der Waals surface area contributed by atoms with E-state index in [1.165, 1.54) is 24.5 Å². The topological polar surface area (TPSA) is 94.8 Å². The fourth-order valence-electron chi connectivity index (χ4n) is 3.59. The number of ether oxygens (including phenoxy) is 2. The summed E-state index contributed by atoms with van der Waals surface area (Å²) >= 11 is 1.30. The van der Waals surface area contributed by atoms with Crippen LogP contribution in [-0.4, -0.2) is 25.6 Å². The van der Waals surface area contributed by atoms with Crippen LogP contribution in [0.1, 0.15) is 20.8 Å². The lowest BCUT2D eigenvalue weighted by molar-refractivity contribution is -0.118. The third kappa shape index (κ3) is 4.65. The Kier molecular flexibility index (Phi) is 6.28. The highest BCUT2D eigenvalue weighted by molar-refractivity contribution is 7.17. The Hall–Kier alpha value is -3.91. The van der Waals surface area contributed by atoms with Gasteiger partial charge in [0.2, 0.25) is 0 Å². The van der Waals surface area contributed by atoms with Gasteiger partial charge in [-0.3, -0.25) is 4.79 Å². The molecule has 2 aromatic carbocycles. The van der Waals surface area contributed by atoms with Crippen molar-refractivity contribution in [2.24, 2.45) is 0 Å². The highest BCUT2D eigenvalue weighted by Gasteiger charge is 2.25. The molecule has 0 unspecified atom stereocenters. The lowest BCUT2D eigenvalue weighted by Gasteiger charge is -2.10. The Bertz CT molecular complexity index is 1400. The summed E-state index contributed by atoms with van der Waals surface area (Å²) in [6, 6.07) is 15.9. The fourth-order valence-corrected chi connectivity index (χ4v) is 4.67. The summed E-state index contributed by atoms with van der Waals surface area (Å²) in [6.07, 6.45) is 0. The van der Waals surface area contributed by atoms with Gasteiger partial charge in [0.15, 0.2) is 6.61 Å². The first kappa shape index (κ1) is 22.3. The number of hydrogen-bond acceptors (Lipinski definition) is 7. The third-order valence-corrected chi connectivity index (χ3v) is 6.10. The monoisotopic (exact) mass is 463 g/mol. The lowest BCUT2D eigenvalue weighted by Crippen LogP contribution is -2.21. The van der Waals surface area contributed by atoms with Crippen LogP contribution in [0.5, 0.6) is 5.75 Å². The smallest absolute Gasteiger partial charge is 0.341 e. The van der Waals surface area contributed by atoms with Gasteiger partial charge in [-0.05, 0) is 37.1 Å². The molecular weight excluding hydrogens is 442 g/mol. The van der Waals surface area contributed by atoms with Gasteiger partial charge in [-0.25, -0.2) is 9.59 Å². The number of thiophene rings is 1. The van der Waals surface area contributed by atoms with Crippen molar-refractivity contribution in [3.8, 4) is 16.9 Å². The summed E-state index contributed by atoms with van der Waals surface area (Å²) in [4.78, 5) is 37.7. The van der Waals surface area contributed by atoms with E-state index in [1.807, 2.05) is 44.2 Å². The summed E-state index contributed by atoms with van der Waals surface area (Å²) in [6.45, 7) is 3.41. The molecule has 2 aromatic heterocycles. The lowest BCUT2D eigenvalue weighted by atomic mass is 10.0. The number of carbonyl (C=O) groups is 2. The van der Waals surface area contributed by atoms with E-state index in [-0.39, 0.29) is 6.61 Å². The first-order chi connectivity index (χ1) is 15.9. The maximum absolute atomic E-state index is 12.6. The van der Waals surface area contributed by atoms with Gasteiger partial charge in [-0.2, -0.15) is 0 Å². The van der Waals surface area contributed by atoms with Gasteiger partial charge in [-0.1, -0.05) is 30.3 Å². The van der Waals surface area contributed by atoms with Gasteiger partial charge in [-0.15, -0.1) is 11.3 Å². The number of nitrogens with one attached hydrogen (secondary N) is 1. The van der Waals surface area contributed by atoms with Crippen molar-refractivity contribution in [3.63, 3.8) is 0 Å². The molecule has 0 aliphatic rings. The van der Waals surface area contributed by atoms with Crippen LogP contribution >= 0.6 is 11.3 Å². The second-order valence-corrected chi connectivity index (χ2v) is 8.56. The van der Waals surface area contributed by atoms with Crippen LogP contribution in [0.3, 0.4) is 0 Å². The van der Waals surface area contributed by atoms with Crippen molar-refractivity contribution >= 4 is 39.2 Å². The minimum atomic E-state index is -0.533. The molecule has 33 heavy (non-hydrogen) atoms. The van der Waals surface area contributed by atoms with Crippen molar-refractivity contribution in [1.82, 2.24) is 0 Å². The van der Waals surface area contributed by atoms with Gasteiger partial charge in [0.1, 0.15) is 21.9 Å². The molecule has 0 saturated carbocycles. The average Bonchev–Trinajstić information content (AvgIpc) is 3.12. The molecule has 168 valence electrons. The molecular formula is C25H21NO6S. The van der Waals surface area contributed by atoms with Crippen LogP contribution in [0.25, 0.3) is 22.1 Å². The predicted octanol–water partition coefficient (Wildman–Crippen LogP) is 4.94. The number of amides is 1. The first-order valence-electron chi connectivity index (χ1n) is 10.1. The molecule has 4 rings (SSSR count). The molecule has 0 saturated heterocycles. The van der Waals surface area contributed by atoms with Gasteiger partial charge >= 0.3 is 11.6 Å². The first-order valence-corrected chi connectivity index (χ1v) is 10.9. The summed E-state index contributed by atoms with van der Waals surface area (Å²) < 4.78 is 15.8. The molecule has 8 heteroatoms. The molecule has 0 aliphatic carbocycles. The fraction of sp³-hybridized carbons (Fsp3) is 0.160. The normalized spacial score (nSPS) is 10.8. The van der Waals surface area contributed by atoms with Gasteiger partial charge in [0.05, 0.1) is 7.11 Å². The SMILES string of the molecule is COC(=O)c1c(NC(=O)COc2ccc3c(C)cc(=O)oc3c2)sc(C)c1-c1ccccc1. The van der Waals surface area contributed by atoms with E-state index >= 15 is 0 Å². The molecule has 4 aromatic rings. The summed E-state index contributed by atoms with van der Waals surface area (Å²) in [5.74, 6) is -0.590. The Morgan fingerprint density at radius 3 is 2.55 bits per heavy atom. The highest BCUT2D eigenvalue weighted by Crippen LogP contribution is 2.40. The van der Waals surface area contributed by atoms with E-state index in [9.17, 15) is 14.4 Å². The van der Waals surface area contributed by atoms with Crippen molar-refractivity contribution in [2.75, 3.05) is 19.0 Å². The minimum absolute atomic E-state index is 0.292. The zero-order valence-corrected chi connectivity index (χ0v) is 19.1. The number of anilines is 1. The third-order valence-electron chi connectivity index (χ3n) is 5.08. The van der Waals surface area contributed by atoms with Crippen LogP contribution in [0.15, 0.2) is 63.8 Å². The van der Waals surface area contributed by atoms with Crippen LogP contribution < -0.4 is 15.7 Å². The van der Waals surface area contributed by atoms with Crippen molar-refractivity contribution in [2.45, 2.75) is 13.8 Å². The standard InChI is InChI=1S/C25H21NO6S/c1-14-11-21(28)32-19-12-17(9-10-18(14)19)31-13-20(27)26-24-23(25(29)30-3)22(15(2)33-24)16-7-5-4-6-8-16/h4-12H,13H2,1-3H3,(H,26,27). The van der Waals surface area contributed by atoms with E-state index < -0.39 is 17.5 Å². The Labute approximate surface area is 193 Å². The van der Waals surface area contributed by atoms with Gasteiger partial charge < -0.3 is 19.2 Å².